The molecule has 0 aliphatic rings. The summed E-state index contributed by atoms with van der Waals surface area (Å²) >= 11 is 6.31. The summed E-state index contributed by atoms with van der Waals surface area (Å²) in [6.45, 7) is 5.23. The van der Waals surface area contributed by atoms with Crippen molar-refractivity contribution in [2.75, 3.05) is 19.0 Å². The second kappa shape index (κ2) is 6.97. The number of aryl methyl sites for hydroxylation is 1. The first-order valence-electron chi connectivity index (χ1n) is 7.26. The van der Waals surface area contributed by atoms with Crippen molar-refractivity contribution in [3.8, 4) is 0 Å². The van der Waals surface area contributed by atoms with Gasteiger partial charge in [0.05, 0.1) is 6.04 Å². The molecule has 2 nitrogen and oxygen atoms in total. The molecular formula is C18H23ClN2. The lowest BCUT2D eigenvalue weighted by Gasteiger charge is -2.28. The highest BCUT2D eigenvalue weighted by Crippen LogP contribution is 2.30. The molecule has 2 rings (SSSR count). The van der Waals surface area contributed by atoms with E-state index in [9.17, 15) is 0 Å². The number of nitrogens with one attached hydrogen (secondary N) is 1. The molecular weight excluding hydrogens is 280 g/mol. The van der Waals surface area contributed by atoms with Crippen LogP contribution < -0.4 is 10.2 Å². The fraction of sp³-hybridized carbons (Fsp3) is 0.333. The maximum Gasteiger partial charge on any atom is 0.0525 e. The van der Waals surface area contributed by atoms with Gasteiger partial charge in [0.15, 0.2) is 0 Å². The van der Waals surface area contributed by atoms with Gasteiger partial charge in [0.2, 0.25) is 0 Å². The van der Waals surface area contributed by atoms with E-state index in [4.69, 9.17) is 11.6 Å². The second-order valence-corrected chi connectivity index (χ2v) is 5.86. The Morgan fingerprint density at radius 2 is 1.90 bits per heavy atom. The second-order valence-electron chi connectivity index (χ2n) is 5.45. The fourth-order valence-corrected chi connectivity index (χ4v) is 2.83. The fourth-order valence-electron chi connectivity index (χ4n) is 2.53. The van der Waals surface area contributed by atoms with Gasteiger partial charge >= 0.3 is 0 Å². The van der Waals surface area contributed by atoms with Crippen LogP contribution in [0.15, 0.2) is 42.5 Å². The molecule has 0 aromatic heterocycles. The Kier molecular flexibility index (Phi) is 5.27. The highest BCUT2D eigenvalue weighted by molar-refractivity contribution is 6.31. The van der Waals surface area contributed by atoms with Gasteiger partial charge in [0.25, 0.3) is 0 Å². The van der Waals surface area contributed by atoms with Gasteiger partial charge in [-0.2, -0.15) is 0 Å². The lowest BCUT2D eigenvalue weighted by Crippen LogP contribution is -2.22. The van der Waals surface area contributed by atoms with Gasteiger partial charge in [-0.1, -0.05) is 35.9 Å². The van der Waals surface area contributed by atoms with Gasteiger partial charge in [-0.25, -0.2) is 0 Å². The number of hydrogen-bond donors (Lipinski definition) is 1. The third-order valence-electron chi connectivity index (χ3n) is 4.04. The molecule has 1 unspecified atom stereocenters. The van der Waals surface area contributed by atoms with Crippen LogP contribution >= 0.6 is 11.6 Å². The first-order chi connectivity index (χ1) is 10.0. The van der Waals surface area contributed by atoms with Crippen molar-refractivity contribution < 1.29 is 0 Å². The van der Waals surface area contributed by atoms with E-state index < -0.39 is 0 Å². The van der Waals surface area contributed by atoms with Gasteiger partial charge in [0.1, 0.15) is 0 Å². The summed E-state index contributed by atoms with van der Waals surface area (Å²) in [6.07, 6.45) is 0. The summed E-state index contributed by atoms with van der Waals surface area (Å²) in [6, 6.07) is 14.9. The Bertz CT molecular complexity index is 610. The maximum absolute atomic E-state index is 6.31. The van der Waals surface area contributed by atoms with E-state index in [1.165, 1.54) is 16.8 Å². The van der Waals surface area contributed by atoms with Crippen LogP contribution in [0.25, 0.3) is 0 Å². The lowest BCUT2D eigenvalue weighted by molar-refractivity contribution is 0.738. The van der Waals surface area contributed by atoms with Crippen molar-refractivity contribution in [2.45, 2.75) is 26.4 Å². The molecule has 112 valence electrons. The van der Waals surface area contributed by atoms with Gasteiger partial charge < -0.3 is 10.2 Å². The molecule has 0 fully saturated rings. The van der Waals surface area contributed by atoms with Gasteiger partial charge in [-0.3, -0.25) is 0 Å². The van der Waals surface area contributed by atoms with Gasteiger partial charge in [0, 0.05) is 24.3 Å². The average molecular weight is 303 g/mol. The molecule has 3 heteroatoms. The molecule has 0 saturated heterocycles. The normalized spacial score (nSPS) is 12.2. The minimum absolute atomic E-state index is 0.230. The number of anilines is 1. The minimum atomic E-state index is 0.230. The summed E-state index contributed by atoms with van der Waals surface area (Å²) < 4.78 is 0. The van der Waals surface area contributed by atoms with Crippen LogP contribution in [0.4, 0.5) is 5.69 Å². The predicted molar refractivity (Wildman–Crippen MR) is 92.2 cm³/mol. The highest BCUT2D eigenvalue weighted by Gasteiger charge is 2.15. The molecule has 0 bridgehead atoms. The molecule has 0 aliphatic carbocycles. The van der Waals surface area contributed by atoms with E-state index in [-0.39, 0.29) is 6.04 Å². The highest BCUT2D eigenvalue weighted by atomic mass is 35.5. The molecule has 0 radical (unpaired) electrons. The van der Waals surface area contributed by atoms with Crippen LogP contribution in [0.5, 0.6) is 0 Å². The van der Waals surface area contributed by atoms with Crippen molar-refractivity contribution in [1.29, 1.82) is 0 Å². The molecule has 0 saturated carbocycles. The quantitative estimate of drug-likeness (QED) is 0.870. The number of hydrogen-bond acceptors (Lipinski definition) is 2. The van der Waals surface area contributed by atoms with Crippen LogP contribution in [0.3, 0.4) is 0 Å². The molecule has 1 N–H and O–H groups in total. The van der Waals surface area contributed by atoms with Crippen molar-refractivity contribution >= 4 is 17.3 Å². The molecule has 0 heterocycles. The van der Waals surface area contributed by atoms with Gasteiger partial charge in [-0.05, 0) is 55.8 Å². The zero-order valence-electron chi connectivity index (χ0n) is 13.2. The van der Waals surface area contributed by atoms with E-state index in [1.54, 1.807) is 0 Å². The summed E-state index contributed by atoms with van der Waals surface area (Å²) in [5.41, 5.74) is 5.00. The number of halogens is 1. The molecule has 21 heavy (non-hydrogen) atoms. The van der Waals surface area contributed by atoms with E-state index >= 15 is 0 Å². The molecule has 0 aliphatic heterocycles. The van der Waals surface area contributed by atoms with Crippen LogP contribution in [0.2, 0.25) is 5.02 Å². The van der Waals surface area contributed by atoms with E-state index in [0.717, 1.165) is 17.1 Å². The predicted octanol–water partition coefficient (Wildman–Crippen LogP) is 4.57. The van der Waals surface area contributed by atoms with Crippen molar-refractivity contribution in [3.05, 3.63) is 64.2 Å². The summed E-state index contributed by atoms with van der Waals surface area (Å²) in [5, 5.41) is 4.02. The third-order valence-corrected chi connectivity index (χ3v) is 4.38. The first-order valence-corrected chi connectivity index (χ1v) is 7.63. The molecule has 2 aromatic rings. The van der Waals surface area contributed by atoms with E-state index in [2.05, 4.69) is 55.4 Å². The summed E-state index contributed by atoms with van der Waals surface area (Å²) in [5.74, 6) is 0. The van der Waals surface area contributed by atoms with Gasteiger partial charge in [-0.15, -0.1) is 0 Å². The Morgan fingerprint density at radius 1 is 1.19 bits per heavy atom. The maximum atomic E-state index is 6.31. The van der Waals surface area contributed by atoms with E-state index in [0.29, 0.717) is 0 Å². The zero-order valence-corrected chi connectivity index (χ0v) is 13.9. The zero-order chi connectivity index (χ0) is 15.4. The van der Waals surface area contributed by atoms with Crippen LogP contribution in [0, 0.1) is 6.92 Å². The molecule has 0 amide bonds. The Balaban J connectivity index is 2.25. The summed E-state index contributed by atoms with van der Waals surface area (Å²) in [4.78, 5) is 2.26. The molecule has 1 atom stereocenters. The average Bonchev–Trinajstić information content (AvgIpc) is 2.48. The first kappa shape index (κ1) is 15.9. The minimum Gasteiger partial charge on any atom is -0.368 e. The Labute approximate surface area is 132 Å². The number of rotatable bonds is 5. The smallest absolute Gasteiger partial charge is 0.0525 e. The SMILES string of the molecule is CNCc1ccc(N(C)C(C)c2ccccc2Cl)cc1C. The topological polar surface area (TPSA) is 15.3 Å². The van der Waals surface area contributed by atoms with Crippen LogP contribution in [0.1, 0.15) is 29.7 Å². The van der Waals surface area contributed by atoms with Crippen molar-refractivity contribution in [2.24, 2.45) is 0 Å². The Morgan fingerprint density at radius 3 is 2.52 bits per heavy atom. The van der Waals surface area contributed by atoms with Crippen LogP contribution in [-0.2, 0) is 6.54 Å². The Hall–Kier alpha value is -1.51. The third kappa shape index (κ3) is 3.58. The largest absolute Gasteiger partial charge is 0.368 e. The number of nitrogens with zero attached hydrogens (tertiary/aromatic N) is 1. The van der Waals surface area contributed by atoms with Crippen molar-refractivity contribution in [1.82, 2.24) is 5.32 Å². The van der Waals surface area contributed by atoms with Crippen LogP contribution in [-0.4, -0.2) is 14.1 Å². The van der Waals surface area contributed by atoms with E-state index in [1.807, 2.05) is 25.2 Å². The standard InChI is InChI=1S/C18H23ClN2/c1-13-11-16(10-9-15(13)12-20-3)21(4)14(2)17-7-5-6-8-18(17)19/h5-11,14,20H,12H2,1-4H3. The molecule has 2 aromatic carbocycles. The van der Waals surface area contributed by atoms with Crippen molar-refractivity contribution in [3.63, 3.8) is 0 Å². The monoisotopic (exact) mass is 302 g/mol. The molecule has 0 spiro atoms. The number of benzene rings is 2. The lowest BCUT2D eigenvalue weighted by atomic mass is 10.0. The summed E-state index contributed by atoms with van der Waals surface area (Å²) in [7, 11) is 4.08.